The number of carbonyl (C=O) groups is 1. The Hall–Kier alpha value is -1.26. The van der Waals surface area contributed by atoms with Crippen LogP contribution in [0, 0.1) is 0 Å². The van der Waals surface area contributed by atoms with Gasteiger partial charge in [0.2, 0.25) is 5.91 Å². The van der Waals surface area contributed by atoms with Gasteiger partial charge >= 0.3 is 0 Å². The monoisotopic (exact) mass is 267 g/mol. The Morgan fingerprint density at radius 2 is 2.17 bits per heavy atom. The highest BCUT2D eigenvalue weighted by Gasteiger charge is 2.23. The van der Waals surface area contributed by atoms with Crippen molar-refractivity contribution >= 4 is 23.2 Å². The first kappa shape index (κ1) is 13.2. The SMILES string of the molecule is CNCc1c(Cl)cccc1N1CCN(C)C(=O)C1. The molecule has 18 heavy (non-hydrogen) atoms. The van der Waals surface area contributed by atoms with Crippen LogP contribution < -0.4 is 10.2 Å². The lowest BCUT2D eigenvalue weighted by Crippen LogP contribution is -2.48. The number of nitrogens with one attached hydrogen (secondary N) is 1. The zero-order valence-corrected chi connectivity index (χ0v) is 11.5. The zero-order chi connectivity index (χ0) is 13.1. The molecule has 0 aromatic heterocycles. The number of carbonyl (C=O) groups excluding carboxylic acids is 1. The Morgan fingerprint density at radius 1 is 1.39 bits per heavy atom. The van der Waals surface area contributed by atoms with Gasteiger partial charge in [0.15, 0.2) is 0 Å². The lowest BCUT2D eigenvalue weighted by molar-refractivity contribution is -0.129. The van der Waals surface area contributed by atoms with Gasteiger partial charge in [-0.1, -0.05) is 17.7 Å². The molecule has 4 nitrogen and oxygen atoms in total. The highest BCUT2D eigenvalue weighted by atomic mass is 35.5. The summed E-state index contributed by atoms with van der Waals surface area (Å²) in [7, 11) is 3.73. The number of amides is 1. The first-order valence-electron chi connectivity index (χ1n) is 6.04. The molecule has 98 valence electrons. The van der Waals surface area contributed by atoms with Crippen molar-refractivity contribution in [1.29, 1.82) is 0 Å². The van der Waals surface area contributed by atoms with Crippen molar-refractivity contribution in [2.75, 3.05) is 38.6 Å². The standard InChI is InChI=1S/C13H18ClN3O/c1-15-8-10-11(14)4-3-5-12(10)17-7-6-16(2)13(18)9-17/h3-5,15H,6-9H2,1-2H3. The van der Waals surface area contributed by atoms with E-state index in [9.17, 15) is 4.79 Å². The van der Waals surface area contributed by atoms with Crippen molar-refractivity contribution in [1.82, 2.24) is 10.2 Å². The molecule has 1 heterocycles. The molecule has 0 spiro atoms. The van der Waals surface area contributed by atoms with Crippen LogP contribution in [0.1, 0.15) is 5.56 Å². The first-order valence-corrected chi connectivity index (χ1v) is 6.42. The van der Waals surface area contributed by atoms with Crippen LogP contribution in [-0.4, -0.2) is 44.5 Å². The third kappa shape index (κ3) is 2.60. The second kappa shape index (κ2) is 5.59. The van der Waals surface area contributed by atoms with Crippen LogP contribution in [0.3, 0.4) is 0 Å². The molecule has 1 aromatic carbocycles. The van der Waals surface area contributed by atoms with Gasteiger partial charge in [0, 0.05) is 43.0 Å². The number of rotatable bonds is 3. The topological polar surface area (TPSA) is 35.6 Å². The van der Waals surface area contributed by atoms with Crippen LogP contribution in [0.5, 0.6) is 0 Å². The number of benzene rings is 1. The van der Waals surface area contributed by atoms with Gasteiger partial charge < -0.3 is 15.1 Å². The average Bonchev–Trinajstić information content (AvgIpc) is 2.35. The predicted octanol–water partition coefficient (Wildman–Crippen LogP) is 1.34. The molecular weight excluding hydrogens is 250 g/mol. The molecule has 1 aromatic rings. The molecule has 1 fully saturated rings. The Labute approximate surface area is 113 Å². The highest BCUT2D eigenvalue weighted by molar-refractivity contribution is 6.31. The Bertz CT molecular complexity index is 450. The molecule has 0 radical (unpaired) electrons. The van der Waals surface area contributed by atoms with Crippen LogP contribution in [0.25, 0.3) is 0 Å². The van der Waals surface area contributed by atoms with E-state index < -0.39 is 0 Å². The van der Waals surface area contributed by atoms with Gasteiger partial charge in [-0.15, -0.1) is 0 Å². The Balaban J connectivity index is 2.27. The van der Waals surface area contributed by atoms with Crippen LogP contribution >= 0.6 is 11.6 Å². The number of hydrogen-bond donors (Lipinski definition) is 1. The van der Waals surface area contributed by atoms with Crippen molar-refractivity contribution < 1.29 is 4.79 Å². The quantitative estimate of drug-likeness (QED) is 0.898. The molecule has 2 rings (SSSR count). The maximum atomic E-state index is 11.8. The summed E-state index contributed by atoms with van der Waals surface area (Å²) in [5.41, 5.74) is 2.11. The van der Waals surface area contributed by atoms with E-state index in [-0.39, 0.29) is 5.91 Å². The first-order chi connectivity index (χ1) is 8.63. The van der Waals surface area contributed by atoms with Gasteiger partial charge in [0.1, 0.15) is 0 Å². The summed E-state index contributed by atoms with van der Waals surface area (Å²) in [6, 6.07) is 5.84. The maximum absolute atomic E-state index is 11.8. The minimum absolute atomic E-state index is 0.150. The second-order valence-corrected chi connectivity index (χ2v) is 4.91. The van der Waals surface area contributed by atoms with E-state index in [1.807, 2.05) is 32.3 Å². The number of nitrogens with zero attached hydrogens (tertiary/aromatic N) is 2. The summed E-state index contributed by atoms with van der Waals surface area (Å²) in [6.07, 6.45) is 0. The van der Waals surface area contributed by atoms with Gasteiger partial charge in [-0.2, -0.15) is 0 Å². The van der Waals surface area contributed by atoms with Crippen molar-refractivity contribution in [3.05, 3.63) is 28.8 Å². The van der Waals surface area contributed by atoms with Gasteiger partial charge in [-0.25, -0.2) is 0 Å². The molecule has 0 bridgehead atoms. The predicted molar refractivity (Wildman–Crippen MR) is 74.1 cm³/mol. The maximum Gasteiger partial charge on any atom is 0.241 e. The van der Waals surface area contributed by atoms with E-state index in [1.165, 1.54) is 0 Å². The van der Waals surface area contributed by atoms with Gasteiger partial charge in [0.25, 0.3) is 0 Å². The molecule has 1 N–H and O–H groups in total. The molecule has 0 saturated carbocycles. The van der Waals surface area contributed by atoms with E-state index in [0.717, 1.165) is 29.4 Å². The smallest absolute Gasteiger partial charge is 0.241 e. The van der Waals surface area contributed by atoms with Gasteiger partial charge in [0.05, 0.1) is 6.54 Å². The minimum atomic E-state index is 0.150. The molecule has 1 saturated heterocycles. The van der Waals surface area contributed by atoms with Crippen LogP contribution in [0.15, 0.2) is 18.2 Å². The lowest BCUT2D eigenvalue weighted by atomic mass is 10.1. The van der Waals surface area contributed by atoms with Gasteiger partial charge in [-0.3, -0.25) is 4.79 Å². The van der Waals surface area contributed by atoms with Crippen LogP contribution in [0.4, 0.5) is 5.69 Å². The number of likely N-dealkylation sites (N-methyl/N-ethyl adjacent to an activating group) is 1. The number of hydrogen-bond acceptors (Lipinski definition) is 3. The highest BCUT2D eigenvalue weighted by Crippen LogP contribution is 2.28. The molecule has 1 amide bonds. The summed E-state index contributed by atoms with van der Waals surface area (Å²) in [5, 5.41) is 3.86. The largest absolute Gasteiger partial charge is 0.360 e. The van der Waals surface area contributed by atoms with E-state index >= 15 is 0 Å². The second-order valence-electron chi connectivity index (χ2n) is 4.50. The van der Waals surface area contributed by atoms with E-state index in [1.54, 1.807) is 4.90 Å². The lowest BCUT2D eigenvalue weighted by Gasteiger charge is -2.34. The summed E-state index contributed by atoms with van der Waals surface area (Å²) < 4.78 is 0. The minimum Gasteiger partial charge on any atom is -0.360 e. The summed E-state index contributed by atoms with van der Waals surface area (Å²) in [5.74, 6) is 0.150. The van der Waals surface area contributed by atoms with Crippen LogP contribution in [0.2, 0.25) is 5.02 Å². The average molecular weight is 268 g/mol. The molecule has 5 heteroatoms. The normalized spacial score (nSPS) is 16.3. The number of piperazine rings is 1. The summed E-state index contributed by atoms with van der Waals surface area (Å²) in [4.78, 5) is 15.6. The molecule has 0 aliphatic carbocycles. The van der Waals surface area contributed by atoms with Crippen molar-refractivity contribution in [3.8, 4) is 0 Å². The Kier molecular flexibility index (Phi) is 4.09. The Morgan fingerprint density at radius 3 is 2.83 bits per heavy atom. The molecule has 0 atom stereocenters. The van der Waals surface area contributed by atoms with Crippen molar-refractivity contribution in [3.63, 3.8) is 0 Å². The van der Waals surface area contributed by atoms with Crippen molar-refractivity contribution in [2.24, 2.45) is 0 Å². The summed E-state index contributed by atoms with van der Waals surface area (Å²) >= 11 is 6.23. The molecule has 0 unspecified atom stereocenters. The third-order valence-corrected chi connectivity index (χ3v) is 3.60. The van der Waals surface area contributed by atoms with E-state index in [0.29, 0.717) is 13.1 Å². The fraction of sp³-hybridized carbons (Fsp3) is 0.462. The fourth-order valence-electron chi connectivity index (χ4n) is 2.16. The van der Waals surface area contributed by atoms with E-state index in [4.69, 9.17) is 11.6 Å². The van der Waals surface area contributed by atoms with Crippen LogP contribution in [-0.2, 0) is 11.3 Å². The third-order valence-electron chi connectivity index (χ3n) is 3.25. The number of anilines is 1. The molecular formula is C13H18ClN3O. The summed E-state index contributed by atoms with van der Waals surface area (Å²) in [6.45, 7) is 2.73. The van der Waals surface area contributed by atoms with Gasteiger partial charge in [-0.05, 0) is 19.2 Å². The molecule has 1 aliphatic rings. The fourth-order valence-corrected chi connectivity index (χ4v) is 2.40. The molecule has 1 aliphatic heterocycles. The van der Waals surface area contributed by atoms with Crippen molar-refractivity contribution in [2.45, 2.75) is 6.54 Å². The zero-order valence-electron chi connectivity index (χ0n) is 10.7. The van der Waals surface area contributed by atoms with E-state index in [2.05, 4.69) is 10.2 Å². The number of halogens is 1.